The molecule has 8 fully saturated rings. The van der Waals surface area contributed by atoms with Gasteiger partial charge >= 0.3 is 0 Å². The smallest absolute Gasteiger partial charge is 0.104 e. The minimum absolute atomic E-state index is 0.309. The van der Waals surface area contributed by atoms with Crippen molar-refractivity contribution in [3.63, 3.8) is 0 Å². The Morgan fingerprint density at radius 1 is 0.786 bits per heavy atom. The van der Waals surface area contributed by atoms with Crippen molar-refractivity contribution in [2.75, 3.05) is 19.8 Å². The summed E-state index contributed by atoms with van der Waals surface area (Å²) in [4.78, 5) is 0. The van der Waals surface area contributed by atoms with Gasteiger partial charge in [0.2, 0.25) is 0 Å². The van der Waals surface area contributed by atoms with Crippen LogP contribution < -0.4 is 0 Å². The van der Waals surface area contributed by atoms with E-state index in [9.17, 15) is 0 Å². The van der Waals surface area contributed by atoms with Crippen LogP contribution in [0.25, 0.3) is 0 Å². The van der Waals surface area contributed by atoms with Gasteiger partial charge in [-0.15, -0.1) is 0 Å². The molecule has 13 unspecified atom stereocenters. The lowest BCUT2D eigenvalue weighted by Crippen LogP contribution is -2.24. The van der Waals surface area contributed by atoms with E-state index >= 15 is 0 Å². The Balaban J connectivity index is 0.000000113. The summed E-state index contributed by atoms with van der Waals surface area (Å²) in [6.45, 7) is 16.4. The van der Waals surface area contributed by atoms with Crippen molar-refractivity contribution >= 4 is 0 Å². The molecule has 8 rings (SSSR count). The van der Waals surface area contributed by atoms with Crippen molar-refractivity contribution in [2.45, 2.75) is 169 Å². The van der Waals surface area contributed by atoms with E-state index in [2.05, 4.69) is 41.5 Å². The van der Waals surface area contributed by atoms with E-state index in [1.165, 1.54) is 99.7 Å². The molecule has 6 saturated carbocycles. The molecule has 3 nitrogen and oxygen atoms in total. The van der Waals surface area contributed by atoms with Crippen LogP contribution in [-0.2, 0) is 14.2 Å². The van der Waals surface area contributed by atoms with Crippen LogP contribution in [-0.4, -0.2) is 37.6 Å². The fourth-order valence-electron chi connectivity index (χ4n) is 9.82. The summed E-state index contributed by atoms with van der Waals surface area (Å²) in [5, 5.41) is 0. The van der Waals surface area contributed by atoms with Gasteiger partial charge in [0.25, 0.3) is 0 Å². The quantitative estimate of drug-likeness (QED) is 0.178. The molecule has 0 aromatic carbocycles. The van der Waals surface area contributed by atoms with Crippen LogP contribution in [0.4, 0.5) is 0 Å². The third kappa shape index (κ3) is 9.22. The molecule has 2 aliphatic heterocycles. The highest BCUT2D eigenvalue weighted by Gasteiger charge is 2.60. The standard InChI is InChI=1S/C11H20O.C11H18.C10H18.C7H14O2/c1-4-8(2)9-5-6-11(3)10(7-9)12-11;1-2-3-7-4-8-5-9(7)11-6-10(8)11;1-2-3-8-4-5-9-7-10(9)6-8;1-2-3-4-8-5-7-6-9-7/h8-10H,4-7H2,1-3H3;7-11H,2-6H2,1H3;8-10H,2-7H2,1H3;7H,2-6H2,1H3. The van der Waals surface area contributed by atoms with Crippen molar-refractivity contribution in [3.05, 3.63) is 0 Å². The number of rotatable bonds is 11. The Bertz CT molecular complexity index is 794. The van der Waals surface area contributed by atoms with Gasteiger partial charge in [0, 0.05) is 6.61 Å². The summed E-state index contributed by atoms with van der Waals surface area (Å²) in [5.74, 6) is 11.3. The highest BCUT2D eigenvalue weighted by atomic mass is 16.6. The average Bonchev–Trinajstić information content (AvgIpc) is 3.85. The first-order valence-electron chi connectivity index (χ1n) is 19.3. The van der Waals surface area contributed by atoms with Crippen LogP contribution in [0.2, 0.25) is 0 Å². The molecule has 0 radical (unpaired) electrons. The van der Waals surface area contributed by atoms with Crippen LogP contribution in [0.1, 0.15) is 151 Å². The van der Waals surface area contributed by atoms with E-state index in [4.69, 9.17) is 14.2 Å². The maximum atomic E-state index is 5.69. The number of hydrogen-bond donors (Lipinski definition) is 0. The van der Waals surface area contributed by atoms with Gasteiger partial charge in [-0.05, 0) is 130 Å². The zero-order chi connectivity index (χ0) is 29.7. The van der Waals surface area contributed by atoms with Gasteiger partial charge < -0.3 is 14.2 Å². The van der Waals surface area contributed by atoms with Gasteiger partial charge in [-0.2, -0.15) is 0 Å². The van der Waals surface area contributed by atoms with Gasteiger partial charge in [0.1, 0.15) is 6.10 Å². The second-order valence-corrected chi connectivity index (χ2v) is 16.5. The Labute approximate surface area is 261 Å². The van der Waals surface area contributed by atoms with Crippen LogP contribution in [0.3, 0.4) is 0 Å². The number of hydrogen-bond acceptors (Lipinski definition) is 3. The predicted octanol–water partition coefficient (Wildman–Crippen LogP) is 10.5. The first kappa shape index (κ1) is 33.2. The maximum absolute atomic E-state index is 5.69. The summed E-state index contributed by atoms with van der Waals surface area (Å²) < 4.78 is 15.9. The predicted molar refractivity (Wildman–Crippen MR) is 176 cm³/mol. The molecule has 3 heteroatoms. The molecule has 8 aliphatic rings. The minimum atomic E-state index is 0.309. The summed E-state index contributed by atoms with van der Waals surface area (Å²) in [5.41, 5.74) is 0.309. The molecule has 0 aromatic rings. The molecule has 6 aliphatic carbocycles. The Kier molecular flexibility index (Phi) is 12.2. The third-order valence-electron chi connectivity index (χ3n) is 13.2. The third-order valence-corrected chi connectivity index (χ3v) is 13.2. The highest BCUT2D eigenvalue weighted by molar-refractivity contribution is 5.09. The second-order valence-electron chi connectivity index (χ2n) is 16.5. The van der Waals surface area contributed by atoms with E-state index in [1.54, 1.807) is 44.9 Å². The first-order valence-corrected chi connectivity index (χ1v) is 19.3. The molecular weight excluding hydrogens is 516 g/mol. The lowest BCUT2D eigenvalue weighted by Gasteiger charge is -2.26. The van der Waals surface area contributed by atoms with E-state index in [-0.39, 0.29) is 0 Å². The highest BCUT2D eigenvalue weighted by Crippen LogP contribution is 2.68. The lowest BCUT2D eigenvalue weighted by atomic mass is 9.76. The molecule has 0 amide bonds. The SMILES string of the molecule is CCC(C)C1CCC2(C)OC2C1.CCCC1CC2CC1C1CC21.CCCC1CCC2CC2C1.CCCCOCC1CO1. The van der Waals surface area contributed by atoms with Crippen LogP contribution in [0.5, 0.6) is 0 Å². The van der Waals surface area contributed by atoms with E-state index < -0.39 is 0 Å². The second kappa shape index (κ2) is 15.4. The van der Waals surface area contributed by atoms with Crippen molar-refractivity contribution < 1.29 is 14.2 Å². The molecule has 42 heavy (non-hydrogen) atoms. The molecule has 0 N–H and O–H groups in total. The lowest BCUT2D eigenvalue weighted by molar-refractivity contribution is 0.114. The maximum Gasteiger partial charge on any atom is 0.104 e. The summed E-state index contributed by atoms with van der Waals surface area (Å²) >= 11 is 0. The number of epoxide rings is 2. The summed E-state index contributed by atoms with van der Waals surface area (Å²) in [6.07, 6.45) is 25.8. The van der Waals surface area contributed by atoms with Crippen molar-refractivity contribution in [3.8, 4) is 0 Å². The fourth-order valence-corrected chi connectivity index (χ4v) is 9.82. The minimum Gasteiger partial charge on any atom is -0.379 e. The van der Waals surface area contributed by atoms with E-state index in [1.807, 2.05) is 0 Å². The topological polar surface area (TPSA) is 34.3 Å². The van der Waals surface area contributed by atoms with Crippen LogP contribution in [0, 0.1) is 59.2 Å². The number of unbranched alkanes of at least 4 members (excludes halogenated alkanes) is 1. The van der Waals surface area contributed by atoms with Crippen LogP contribution >= 0.6 is 0 Å². The number of fused-ring (bicyclic) bond motifs is 7. The van der Waals surface area contributed by atoms with E-state index in [0.717, 1.165) is 43.5 Å². The monoisotopic (exact) mass is 587 g/mol. The molecular formula is C39H70O3. The average molecular weight is 587 g/mol. The molecule has 2 heterocycles. The summed E-state index contributed by atoms with van der Waals surface area (Å²) in [7, 11) is 0. The zero-order valence-corrected chi connectivity index (χ0v) is 28.8. The van der Waals surface area contributed by atoms with Gasteiger partial charge in [-0.3, -0.25) is 0 Å². The van der Waals surface area contributed by atoms with Crippen molar-refractivity contribution in [1.82, 2.24) is 0 Å². The fraction of sp³-hybridized carbons (Fsp3) is 1.00. The van der Waals surface area contributed by atoms with Crippen LogP contribution in [0.15, 0.2) is 0 Å². The largest absolute Gasteiger partial charge is 0.379 e. The van der Waals surface area contributed by atoms with Gasteiger partial charge in [-0.1, -0.05) is 79.6 Å². The van der Waals surface area contributed by atoms with Crippen molar-refractivity contribution in [2.24, 2.45) is 59.2 Å². The molecule has 0 aromatic heterocycles. The Hall–Kier alpha value is -0.120. The molecule has 244 valence electrons. The zero-order valence-electron chi connectivity index (χ0n) is 28.8. The van der Waals surface area contributed by atoms with Gasteiger partial charge in [0.05, 0.1) is 24.9 Å². The summed E-state index contributed by atoms with van der Waals surface area (Å²) in [6, 6.07) is 0. The van der Waals surface area contributed by atoms with Crippen molar-refractivity contribution in [1.29, 1.82) is 0 Å². The molecule has 13 atom stereocenters. The molecule has 2 bridgehead atoms. The Morgan fingerprint density at radius 2 is 1.60 bits per heavy atom. The first-order chi connectivity index (χ1) is 20.4. The number of ether oxygens (including phenoxy) is 3. The Morgan fingerprint density at radius 3 is 2.21 bits per heavy atom. The van der Waals surface area contributed by atoms with Gasteiger partial charge in [0.15, 0.2) is 0 Å². The van der Waals surface area contributed by atoms with E-state index in [0.29, 0.717) is 17.8 Å². The normalized spacial score (nSPS) is 44.9. The molecule has 2 saturated heterocycles. The molecule has 0 spiro atoms. The van der Waals surface area contributed by atoms with Gasteiger partial charge in [-0.25, -0.2) is 0 Å².